The van der Waals surface area contributed by atoms with Crippen LogP contribution in [0.5, 0.6) is 0 Å². The maximum absolute atomic E-state index is 13.9. The van der Waals surface area contributed by atoms with E-state index in [2.05, 4.69) is 5.32 Å². The molecule has 2 aliphatic heterocycles. The summed E-state index contributed by atoms with van der Waals surface area (Å²) in [6.45, 7) is -0.188. The highest BCUT2D eigenvalue weighted by molar-refractivity contribution is 7.91. The highest BCUT2D eigenvalue weighted by Crippen LogP contribution is 2.29. The summed E-state index contributed by atoms with van der Waals surface area (Å²) in [4.78, 5) is 25.2. The third-order valence-electron chi connectivity index (χ3n) is 4.38. The number of halogens is 3. The van der Waals surface area contributed by atoms with Crippen LogP contribution in [0, 0.1) is 23.4 Å². The molecule has 2 heterocycles. The second-order valence-corrected chi connectivity index (χ2v) is 8.44. The SMILES string of the molecule is O=C(NC1CCS(=O)(=O)C1)C1CC(=O)N(c2ccc(F)c(F)c2F)C1. The maximum atomic E-state index is 13.9. The molecule has 3 rings (SSSR count). The summed E-state index contributed by atoms with van der Waals surface area (Å²) in [7, 11) is -3.16. The van der Waals surface area contributed by atoms with Gasteiger partial charge < -0.3 is 10.2 Å². The van der Waals surface area contributed by atoms with E-state index in [9.17, 15) is 31.2 Å². The largest absolute Gasteiger partial charge is 0.352 e. The average Bonchev–Trinajstić information content (AvgIpc) is 3.08. The Kier molecular flexibility index (Phi) is 4.48. The van der Waals surface area contributed by atoms with E-state index >= 15 is 0 Å². The Labute approximate surface area is 141 Å². The van der Waals surface area contributed by atoms with Crippen molar-refractivity contribution in [2.75, 3.05) is 23.0 Å². The van der Waals surface area contributed by atoms with Crippen LogP contribution in [0.3, 0.4) is 0 Å². The average molecular weight is 376 g/mol. The van der Waals surface area contributed by atoms with Crippen LogP contribution in [0.25, 0.3) is 0 Å². The Morgan fingerprint density at radius 2 is 1.92 bits per heavy atom. The lowest BCUT2D eigenvalue weighted by atomic mass is 10.1. The smallest absolute Gasteiger partial charge is 0.227 e. The number of carbonyl (C=O) groups excluding carboxylic acids is 2. The van der Waals surface area contributed by atoms with Crippen LogP contribution in [0.2, 0.25) is 0 Å². The number of carbonyl (C=O) groups is 2. The first-order valence-corrected chi connectivity index (χ1v) is 9.45. The Hall–Kier alpha value is -2.10. The van der Waals surface area contributed by atoms with Gasteiger partial charge in [-0.3, -0.25) is 9.59 Å². The molecule has 0 saturated carbocycles. The number of benzene rings is 1. The van der Waals surface area contributed by atoms with E-state index in [1.165, 1.54) is 0 Å². The van der Waals surface area contributed by atoms with Crippen LogP contribution < -0.4 is 10.2 Å². The molecule has 2 atom stereocenters. The molecular formula is C15H15F3N2O4S. The molecule has 0 aromatic heterocycles. The molecule has 2 aliphatic rings. The number of nitrogens with one attached hydrogen (secondary N) is 1. The van der Waals surface area contributed by atoms with Crippen LogP contribution in [-0.4, -0.2) is 44.3 Å². The monoisotopic (exact) mass is 376 g/mol. The molecule has 0 spiro atoms. The van der Waals surface area contributed by atoms with Crippen molar-refractivity contribution in [1.29, 1.82) is 0 Å². The number of anilines is 1. The normalized spacial score (nSPS) is 25.4. The van der Waals surface area contributed by atoms with Gasteiger partial charge in [0.15, 0.2) is 27.3 Å². The maximum Gasteiger partial charge on any atom is 0.227 e. The Bertz CT molecular complexity index is 843. The van der Waals surface area contributed by atoms with Crippen molar-refractivity contribution in [3.05, 3.63) is 29.6 Å². The molecule has 136 valence electrons. The zero-order valence-corrected chi connectivity index (χ0v) is 13.8. The van der Waals surface area contributed by atoms with Crippen molar-refractivity contribution in [2.24, 2.45) is 5.92 Å². The number of rotatable bonds is 3. The van der Waals surface area contributed by atoms with Crippen LogP contribution >= 0.6 is 0 Å². The molecule has 10 heteroatoms. The topological polar surface area (TPSA) is 83.5 Å². The zero-order valence-electron chi connectivity index (χ0n) is 13.0. The van der Waals surface area contributed by atoms with Crippen LogP contribution in [0.1, 0.15) is 12.8 Å². The third-order valence-corrected chi connectivity index (χ3v) is 6.15. The Morgan fingerprint density at radius 3 is 2.56 bits per heavy atom. The summed E-state index contributed by atoms with van der Waals surface area (Å²) in [5.41, 5.74) is -0.428. The van der Waals surface area contributed by atoms with Crippen LogP contribution in [0.15, 0.2) is 12.1 Å². The van der Waals surface area contributed by atoms with E-state index in [-0.39, 0.29) is 24.5 Å². The second kappa shape index (κ2) is 6.32. The number of hydrogen-bond donors (Lipinski definition) is 1. The molecule has 25 heavy (non-hydrogen) atoms. The molecule has 0 radical (unpaired) electrons. The fourth-order valence-corrected chi connectivity index (χ4v) is 4.74. The van der Waals surface area contributed by atoms with Gasteiger partial charge in [0, 0.05) is 19.0 Å². The van der Waals surface area contributed by atoms with Crippen molar-refractivity contribution < 1.29 is 31.2 Å². The standard InChI is InChI=1S/C15H15F3N2O4S/c16-10-1-2-11(14(18)13(10)17)20-6-8(5-12(20)21)15(22)19-9-3-4-25(23,24)7-9/h1-2,8-9H,3-7H2,(H,19,22). The first-order chi connectivity index (χ1) is 11.7. The fraction of sp³-hybridized carbons (Fsp3) is 0.467. The van der Waals surface area contributed by atoms with Gasteiger partial charge in [0.05, 0.1) is 23.1 Å². The van der Waals surface area contributed by atoms with Gasteiger partial charge in [-0.2, -0.15) is 0 Å². The summed E-state index contributed by atoms with van der Waals surface area (Å²) in [6.07, 6.45) is 0.0833. The minimum atomic E-state index is -3.16. The highest BCUT2D eigenvalue weighted by Gasteiger charge is 2.38. The molecule has 2 unspecified atom stereocenters. The van der Waals surface area contributed by atoms with Crippen LogP contribution in [0.4, 0.5) is 18.9 Å². The number of amides is 2. The molecule has 1 aromatic carbocycles. The summed E-state index contributed by atoms with van der Waals surface area (Å²) in [5, 5.41) is 2.58. The molecule has 2 amide bonds. The van der Waals surface area contributed by atoms with Gasteiger partial charge in [0.25, 0.3) is 0 Å². The molecule has 2 fully saturated rings. The lowest BCUT2D eigenvalue weighted by Crippen LogP contribution is -2.40. The molecule has 1 aromatic rings. The van der Waals surface area contributed by atoms with E-state index in [1.54, 1.807) is 0 Å². The molecular weight excluding hydrogens is 361 g/mol. The minimum Gasteiger partial charge on any atom is -0.352 e. The van der Waals surface area contributed by atoms with Crippen LogP contribution in [-0.2, 0) is 19.4 Å². The first-order valence-electron chi connectivity index (χ1n) is 7.62. The molecule has 2 saturated heterocycles. The second-order valence-electron chi connectivity index (χ2n) is 6.21. The molecule has 1 N–H and O–H groups in total. The first kappa shape index (κ1) is 17.7. The lowest BCUT2D eigenvalue weighted by Gasteiger charge is -2.18. The van der Waals surface area contributed by atoms with Gasteiger partial charge in [0.2, 0.25) is 11.8 Å². The highest BCUT2D eigenvalue weighted by atomic mass is 32.2. The lowest BCUT2D eigenvalue weighted by molar-refractivity contribution is -0.126. The van der Waals surface area contributed by atoms with Gasteiger partial charge in [-0.05, 0) is 18.6 Å². The summed E-state index contributed by atoms with van der Waals surface area (Å²) in [5.74, 6) is -6.63. The van der Waals surface area contributed by atoms with Gasteiger partial charge in [-0.15, -0.1) is 0 Å². The van der Waals surface area contributed by atoms with Gasteiger partial charge >= 0.3 is 0 Å². The third kappa shape index (κ3) is 3.48. The number of nitrogens with zero attached hydrogens (tertiary/aromatic N) is 1. The van der Waals surface area contributed by atoms with Gasteiger partial charge in [-0.1, -0.05) is 0 Å². The summed E-state index contributed by atoms with van der Waals surface area (Å²) in [6, 6.07) is 1.13. The predicted octanol–water partition coefficient (Wildman–Crippen LogP) is 0.760. The molecule has 0 aliphatic carbocycles. The van der Waals surface area contributed by atoms with E-state index in [1.807, 2.05) is 0 Å². The van der Waals surface area contributed by atoms with Crippen molar-refractivity contribution in [3.63, 3.8) is 0 Å². The Morgan fingerprint density at radius 1 is 1.20 bits per heavy atom. The zero-order chi connectivity index (χ0) is 18.4. The Balaban J connectivity index is 1.70. The van der Waals surface area contributed by atoms with E-state index in [0.29, 0.717) is 12.5 Å². The van der Waals surface area contributed by atoms with Gasteiger partial charge in [-0.25, -0.2) is 21.6 Å². The molecule has 0 bridgehead atoms. The summed E-state index contributed by atoms with van der Waals surface area (Å²) >= 11 is 0. The van der Waals surface area contributed by atoms with E-state index < -0.39 is 56.8 Å². The van der Waals surface area contributed by atoms with Crippen molar-refractivity contribution in [1.82, 2.24) is 5.32 Å². The summed E-state index contributed by atoms with van der Waals surface area (Å²) < 4.78 is 63.0. The predicted molar refractivity (Wildman–Crippen MR) is 82.0 cm³/mol. The quantitative estimate of drug-likeness (QED) is 0.790. The van der Waals surface area contributed by atoms with Gasteiger partial charge in [0.1, 0.15) is 0 Å². The number of hydrogen-bond acceptors (Lipinski definition) is 4. The van der Waals surface area contributed by atoms with E-state index in [4.69, 9.17) is 0 Å². The minimum absolute atomic E-state index is 0.00621. The number of sulfone groups is 1. The molecule has 6 nitrogen and oxygen atoms in total. The van der Waals surface area contributed by atoms with E-state index in [0.717, 1.165) is 11.0 Å². The van der Waals surface area contributed by atoms with Crippen molar-refractivity contribution in [3.8, 4) is 0 Å². The fourth-order valence-electron chi connectivity index (χ4n) is 3.07. The van der Waals surface area contributed by atoms with Crippen molar-refractivity contribution >= 4 is 27.3 Å². The van der Waals surface area contributed by atoms with Crippen molar-refractivity contribution in [2.45, 2.75) is 18.9 Å².